The molecule has 0 saturated carbocycles. The Morgan fingerprint density at radius 2 is 1.00 bits per heavy atom. The van der Waals surface area contributed by atoms with Gasteiger partial charge in [0.1, 0.15) is 17.0 Å². The van der Waals surface area contributed by atoms with E-state index >= 15 is 4.39 Å². The molecule has 4 nitrogen and oxygen atoms in total. The summed E-state index contributed by atoms with van der Waals surface area (Å²) in [6, 6.07) is 36.2. The SMILES string of the molecule is [2H]c1cc2c(oc3c(-c4cc(C([2H])([2H])C(C)(C)C)c(C([2H])([2H])C([2H])([2H])c5cc(C([2H])([2H])C([2H])([2H])c6cnc(-c7ccccc7)cc6C([2H])([2H])[2H])cc(C([2H])([2H])C([2H])([2H])c6cnc(-c7ccccc7)cc6C([2H])([2H])[2H])c5)cn4)cccc32)c(-c2ccccc2)c1F. The third-order valence-electron chi connectivity index (χ3n) is 11.2. The van der Waals surface area contributed by atoms with Gasteiger partial charge in [-0.1, -0.05) is 142 Å². The average molecular weight is 925 g/mol. The Hall–Kier alpha value is -7.50. The molecule has 0 fully saturated rings. The quantitative estimate of drug-likeness (QED) is 0.109. The molecule has 0 N–H and O–H groups in total. The molecule has 69 heavy (non-hydrogen) atoms. The first-order valence-electron chi connectivity index (χ1n) is 32.7. The van der Waals surface area contributed by atoms with Gasteiger partial charge in [-0.15, -0.1) is 0 Å². The van der Waals surface area contributed by atoms with Crippen LogP contribution in [0.15, 0.2) is 181 Å². The van der Waals surface area contributed by atoms with Crippen molar-refractivity contribution in [3.63, 3.8) is 0 Å². The van der Waals surface area contributed by atoms with E-state index in [-0.39, 0.29) is 39.4 Å². The number of aromatic nitrogens is 3. The number of hydrogen-bond donors (Lipinski definition) is 0. The first-order valence-corrected chi connectivity index (χ1v) is 22.2. The Labute approximate surface area is 435 Å². The predicted octanol–water partition coefficient (Wildman–Crippen LogP) is 16.1. The molecule has 10 rings (SSSR count). The summed E-state index contributed by atoms with van der Waals surface area (Å²) in [6.07, 6.45) is -21.3. The maximum Gasteiger partial charge on any atom is 0.146 e. The minimum absolute atomic E-state index is 0.00844. The van der Waals surface area contributed by atoms with E-state index in [1.807, 2.05) is 0 Å². The highest BCUT2D eigenvalue weighted by Gasteiger charge is 2.21. The fraction of sp³-hybridized carbons (Fsp3) is 0.203. The van der Waals surface area contributed by atoms with Crippen LogP contribution in [-0.4, -0.2) is 15.0 Å². The summed E-state index contributed by atoms with van der Waals surface area (Å²) in [6.45, 7) is -1.69. The highest BCUT2D eigenvalue weighted by molar-refractivity contribution is 6.13. The molecule has 0 aliphatic carbocycles. The number of aryl methyl sites for hydroxylation is 8. The van der Waals surface area contributed by atoms with Crippen LogP contribution in [0.1, 0.15) is 99.6 Å². The molecule has 10 aromatic rings. The summed E-state index contributed by atoms with van der Waals surface area (Å²) in [5.41, 5.74) is -6.50. The van der Waals surface area contributed by atoms with Crippen LogP contribution in [0.2, 0.25) is 0 Å². The van der Waals surface area contributed by atoms with Crippen molar-refractivity contribution in [3.05, 3.63) is 232 Å². The Kier molecular flexibility index (Phi) is 7.64. The lowest BCUT2D eigenvalue weighted by atomic mass is 9.85. The van der Waals surface area contributed by atoms with Crippen molar-refractivity contribution < 1.29 is 37.6 Å². The van der Waals surface area contributed by atoms with Crippen LogP contribution in [0, 0.1) is 24.9 Å². The number of hydrogen-bond acceptors (Lipinski definition) is 4. The van der Waals surface area contributed by atoms with Gasteiger partial charge in [-0.3, -0.25) is 15.0 Å². The topological polar surface area (TPSA) is 51.8 Å². The molecule has 6 aromatic carbocycles. The average Bonchev–Trinajstić information content (AvgIpc) is 1.03. The van der Waals surface area contributed by atoms with Gasteiger partial charge < -0.3 is 4.42 Å². The summed E-state index contributed by atoms with van der Waals surface area (Å²) in [7, 11) is 0. The third-order valence-corrected chi connectivity index (χ3v) is 11.2. The molecule has 0 aliphatic rings. The standard InChI is InChI=1S/C64H58FN3O/c1-42-32-58(47-16-9-6-10-17-47)66-39-50(42)27-24-44-34-45(25-28-51-40-67-59(33-43(51)2)48-18-11-7-12-19-48)36-46(35-44)26-29-52-41-68-60(37-53(52)38-64(3,4)5)56-23-15-22-54-55-30-31-57(65)61(63(55)69-62(54)56)49-20-13-8-14-21-49/h6-23,30-37,39-41H,24-29,38H2,1-5H3/i1D3,2D3,24D2,25D2,26D2,27D2,28D2,29D2,31D,38D2. The van der Waals surface area contributed by atoms with Gasteiger partial charge in [0.25, 0.3) is 0 Å². The first kappa shape index (κ1) is 26.9. The summed E-state index contributed by atoms with van der Waals surface area (Å²) in [4.78, 5) is 13.2. The van der Waals surface area contributed by atoms with E-state index in [9.17, 15) is 19.2 Å². The van der Waals surface area contributed by atoms with Crippen LogP contribution in [0.5, 0.6) is 0 Å². The lowest BCUT2D eigenvalue weighted by Gasteiger charge is -2.21. The van der Waals surface area contributed by atoms with Gasteiger partial charge >= 0.3 is 0 Å². The largest absolute Gasteiger partial charge is 0.455 e. The number of para-hydroxylation sites is 1. The number of benzene rings is 6. The van der Waals surface area contributed by atoms with Crippen LogP contribution in [0.25, 0.3) is 66.8 Å². The highest BCUT2D eigenvalue weighted by Crippen LogP contribution is 2.41. The number of rotatable bonds is 14. The second-order valence-electron chi connectivity index (χ2n) is 17.4. The van der Waals surface area contributed by atoms with Crippen molar-refractivity contribution in [1.82, 2.24) is 15.0 Å². The van der Waals surface area contributed by atoms with Crippen molar-refractivity contribution in [3.8, 4) is 44.9 Å². The van der Waals surface area contributed by atoms with Gasteiger partial charge in [-0.2, -0.15) is 0 Å². The van der Waals surface area contributed by atoms with Gasteiger partial charge in [-0.25, -0.2) is 4.39 Å². The van der Waals surface area contributed by atoms with E-state index in [1.165, 1.54) is 32.9 Å². The number of fused-ring (bicyclic) bond motifs is 3. The molecule has 4 heterocycles. The zero-order valence-electron chi connectivity index (χ0n) is 58.8. The zero-order valence-corrected chi connectivity index (χ0v) is 37.8. The summed E-state index contributed by atoms with van der Waals surface area (Å²) < 4.78 is 218. The van der Waals surface area contributed by atoms with Crippen molar-refractivity contribution in [2.45, 2.75) is 79.1 Å². The lowest BCUT2D eigenvalue weighted by molar-refractivity contribution is 0.409. The number of furan rings is 1. The molecular formula is C64H58FN3O. The van der Waals surface area contributed by atoms with Gasteiger partial charge in [0.2, 0.25) is 0 Å². The Morgan fingerprint density at radius 1 is 0.507 bits per heavy atom. The van der Waals surface area contributed by atoms with Gasteiger partial charge in [0.15, 0.2) is 0 Å². The molecule has 0 unspecified atom stereocenters. The first-order chi connectivity index (χ1) is 41.7. The highest BCUT2D eigenvalue weighted by atomic mass is 19.1. The van der Waals surface area contributed by atoms with Crippen molar-refractivity contribution in [2.24, 2.45) is 5.41 Å². The van der Waals surface area contributed by atoms with E-state index in [1.54, 1.807) is 109 Å². The van der Waals surface area contributed by atoms with Gasteiger partial charge in [-0.05, 0) is 156 Å². The molecule has 0 amide bonds. The molecule has 0 saturated heterocycles. The molecule has 0 spiro atoms. The fourth-order valence-corrected chi connectivity index (χ4v) is 7.95. The van der Waals surface area contributed by atoms with Crippen molar-refractivity contribution in [2.75, 3.05) is 0 Å². The molecular weight excluding hydrogens is 846 g/mol. The van der Waals surface area contributed by atoms with Gasteiger partial charge in [0, 0.05) is 73.5 Å². The Balaban J connectivity index is 1.19. The molecule has 5 heteroatoms. The molecule has 0 bridgehead atoms. The fourth-order valence-electron chi connectivity index (χ4n) is 7.95. The van der Waals surface area contributed by atoms with Crippen LogP contribution >= 0.6 is 0 Å². The second kappa shape index (κ2) is 19.6. The molecule has 342 valence electrons. The summed E-state index contributed by atoms with van der Waals surface area (Å²) >= 11 is 0. The zero-order chi connectivity index (χ0) is 65.9. The Bertz CT molecular complexity index is 4250. The summed E-state index contributed by atoms with van der Waals surface area (Å²) in [5, 5.41) is 0.783. The molecule has 0 radical (unpaired) electrons. The normalized spacial score (nSPS) is 18.1. The number of halogens is 1. The maximum absolute atomic E-state index is 16.0. The van der Waals surface area contributed by atoms with E-state index < -0.39 is 126 Å². The number of pyridine rings is 3. The van der Waals surface area contributed by atoms with Crippen molar-refractivity contribution >= 4 is 21.9 Å². The van der Waals surface area contributed by atoms with E-state index in [2.05, 4.69) is 15.0 Å². The number of nitrogens with zero attached hydrogens (tertiary/aromatic N) is 3. The van der Waals surface area contributed by atoms with E-state index in [0.29, 0.717) is 45.7 Å². The second-order valence-corrected chi connectivity index (χ2v) is 17.4. The summed E-state index contributed by atoms with van der Waals surface area (Å²) in [5.74, 6) is -0.848. The maximum atomic E-state index is 16.0. The smallest absolute Gasteiger partial charge is 0.146 e. The molecule has 0 aliphatic heterocycles. The van der Waals surface area contributed by atoms with Crippen LogP contribution in [-0.2, 0) is 44.6 Å². The predicted molar refractivity (Wildman–Crippen MR) is 283 cm³/mol. The van der Waals surface area contributed by atoms with Gasteiger partial charge in [0.05, 0.1) is 24.0 Å². The molecule has 0 atom stereocenters. The van der Waals surface area contributed by atoms with Crippen LogP contribution in [0.3, 0.4) is 0 Å². The minimum atomic E-state index is -3.61. The monoisotopic (exact) mass is 925 g/mol. The lowest BCUT2D eigenvalue weighted by Crippen LogP contribution is -2.12. The van der Waals surface area contributed by atoms with E-state index in [4.69, 9.17) is 14.0 Å². The van der Waals surface area contributed by atoms with Crippen LogP contribution < -0.4 is 0 Å². The molecule has 4 aromatic heterocycles. The third kappa shape index (κ3) is 10.2. The minimum Gasteiger partial charge on any atom is -0.455 e. The Morgan fingerprint density at radius 3 is 1.54 bits per heavy atom. The van der Waals surface area contributed by atoms with E-state index in [0.717, 1.165) is 30.7 Å². The van der Waals surface area contributed by atoms with Crippen molar-refractivity contribution in [1.29, 1.82) is 0 Å². The van der Waals surface area contributed by atoms with Crippen LogP contribution in [0.4, 0.5) is 4.39 Å².